The van der Waals surface area contributed by atoms with E-state index in [0.29, 0.717) is 18.0 Å². The molecule has 0 radical (unpaired) electrons. The Morgan fingerprint density at radius 1 is 1.29 bits per heavy atom. The molecule has 1 aliphatic carbocycles. The van der Waals surface area contributed by atoms with Gasteiger partial charge in [0.25, 0.3) is 0 Å². The third-order valence-electron chi connectivity index (χ3n) is 4.83. The maximum Gasteiger partial charge on any atom is 0.240 e. The van der Waals surface area contributed by atoms with Gasteiger partial charge in [-0.3, -0.25) is 0 Å². The number of nitrogens with one attached hydrogen (secondary N) is 1. The third-order valence-corrected chi connectivity index (χ3v) is 6.37. The van der Waals surface area contributed by atoms with E-state index in [0.717, 1.165) is 30.4 Å². The van der Waals surface area contributed by atoms with Gasteiger partial charge in [-0.05, 0) is 48.8 Å². The number of rotatable bonds is 6. The molecular formula is C16H26N2O2S. The van der Waals surface area contributed by atoms with E-state index in [9.17, 15) is 8.42 Å². The first-order valence-electron chi connectivity index (χ1n) is 7.72. The molecule has 0 amide bonds. The molecule has 4 nitrogen and oxygen atoms in total. The Morgan fingerprint density at radius 3 is 2.52 bits per heavy atom. The number of benzene rings is 1. The van der Waals surface area contributed by atoms with Gasteiger partial charge in [0.05, 0.1) is 4.90 Å². The number of sulfonamides is 1. The fraction of sp³-hybridized carbons (Fsp3) is 0.625. The Morgan fingerprint density at radius 2 is 1.95 bits per heavy atom. The molecule has 0 spiro atoms. The minimum absolute atomic E-state index is 0.145. The van der Waals surface area contributed by atoms with Crippen LogP contribution in [0.25, 0.3) is 0 Å². The summed E-state index contributed by atoms with van der Waals surface area (Å²) in [7, 11) is -3.46. The number of aryl methyl sites for hydroxylation is 1. The summed E-state index contributed by atoms with van der Waals surface area (Å²) in [6, 6.07) is 5.38. The van der Waals surface area contributed by atoms with Gasteiger partial charge in [0.15, 0.2) is 0 Å². The Labute approximate surface area is 128 Å². The highest BCUT2D eigenvalue weighted by molar-refractivity contribution is 7.89. The molecule has 1 aliphatic rings. The van der Waals surface area contributed by atoms with E-state index in [1.165, 1.54) is 12.8 Å². The van der Waals surface area contributed by atoms with Gasteiger partial charge in [0, 0.05) is 13.1 Å². The van der Waals surface area contributed by atoms with Gasteiger partial charge in [0.1, 0.15) is 0 Å². The summed E-state index contributed by atoms with van der Waals surface area (Å²) < 4.78 is 28.0. The molecule has 0 atom stereocenters. The van der Waals surface area contributed by atoms with Crippen LogP contribution >= 0.6 is 0 Å². The van der Waals surface area contributed by atoms with Crippen molar-refractivity contribution in [3.8, 4) is 0 Å². The number of nitrogens with two attached hydrogens (primary N) is 1. The van der Waals surface area contributed by atoms with Gasteiger partial charge < -0.3 is 5.73 Å². The molecule has 2 rings (SSSR count). The summed E-state index contributed by atoms with van der Waals surface area (Å²) in [5.41, 5.74) is 7.36. The van der Waals surface area contributed by atoms with Crippen molar-refractivity contribution >= 4 is 10.0 Å². The van der Waals surface area contributed by atoms with Crippen molar-refractivity contribution in [1.82, 2.24) is 4.72 Å². The molecule has 1 saturated carbocycles. The van der Waals surface area contributed by atoms with Crippen LogP contribution in [0.3, 0.4) is 0 Å². The normalized spacial score (nSPS) is 18.0. The average molecular weight is 310 g/mol. The predicted molar refractivity (Wildman–Crippen MR) is 85.5 cm³/mol. The molecule has 1 aromatic carbocycles. The molecule has 0 saturated heterocycles. The monoisotopic (exact) mass is 310 g/mol. The van der Waals surface area contributed by atoms with Gasteiger partial charge in [-0.15, -0.1) is 0 Å². The lowest BCUT2D eigenvalue weighted by Gasteiger charge is -2.27. The van der Waals surface area contributed by atoms with Gasteiger partial charge in [-0.25, -0.2) is 13.1 Å². The van der Waals surface area contributed by atoms with Crippen LogP contribution in [-0.4, -0.2) is 15.0 Å². The van der Waals surface area contributed by atoms with Crippen molar-refractivity contribution in [2.45, 2.75) is 57.4 Å². The van der Waals surface area contributed by atoms with Gasteiger partial charge in [0.2, 0.25) is 10.0 Å². The van der Waals surface area contributed by atoms with E-state index in [4.69, 9.17) is 5.73 Å². The van der Waals surface area contributed by atoms with Crippen LogP contribution in [0.15, 0.2) is 23.1 Å². The van der Waals surface area contributed by atoms with Gasteiger partial charge >= 0.3 is 0 Å². The molecule has 21 heavy (non-hydrogen) atoms. The molecule has 0 unspecified atom stereocenters. The van der Waals surface area contributed by atoms with E-state index < -0.39 is 10.0 Å². The summed E-state index contributed by atoms with van der Waals surface area (Å²) in [5.74, 6) is 0. The largest absolute Gasteiger partial charge is 0.326 e. The minimum atomic E-state index is -3.46. The average Bonchev–Trinajstić information content (AvgIpc) is 2.95. The van der Waals surface area contributed by atoms with E-state index in [2.05, 4.69) is 11.6 Å². The predicted octanol–water partition coefficient (Wildman–Crippen LogP) is 2.70. The molecule has 0 aliphatic heterocycles. The zero-order valence-electron chi connectivity index (χ0n) is 13.0. The fourth-order valence-corrected chi connectivity index (χ4v) is 4.62. The molecule has 1 aromatic rings. The second-order valence-electron chi connectivity index (χ2n) is 6.19. The van der Waals surface area contributed by atoms with Crippen LogP contribution in [0.5, 0.6) is 0 Å². The van der Waals surface area contributed by atoms with Gasteiger partial charge in [-0.2, -0.15) is 0 Å². The Kier molecular flexibility index (Phi) is 5.07. The lowest BCUT2D eigenvalue weighted by molar-refractivity contribution is 0.285. The fourth-order valence-electron chi connectivity index (χ4n) is 3.17. The van der Waals surface area contributed by atoms with Crippen LogP contribution in [0.2, 0.25) is 0 Å². The maximum atomic E-state index is 12.6. The highest BCUT2D eigenvalue weighted by Crippen LogP contribution is 2.40. The summed E-state index contributed by atoms with van der Waals surface area (Å²) in [5, 5.41) is 0. The van der Waals surface area contributed by atoms with Crippen molar-refractivity contribution in [3.63, 3.8) is 0 Å². The van der Waals surface area contributed by atoms with E-state index >= 15 is 0 Å². The Bertz CT molecular complexity index is 590. The van der Waals surface area contributed by atoms with Crippen molar-refractivity contribution in [1.29, 1.82) is 0 Å². The van der Waals surface area contributed by atoms with E-state index in [1.54, 1.807) is 6.07 Å². The first-order valence-corrected chi connectivity index (χ1v) is 9.20. The zero-order valence-corrected chi connectivity index (χ0v) is 13.8. The molecule has 5 heteroatoms. The molecule has 0 heterocycles. The highest BCUT2D eigenvalue weighted by atomic mass is 32.2. The number of hydrogen-bond acceptors (Lipinski definition) is 3. The van der Waals surface area contributed by atoms with Crippen molar-refractivity contribution < 1.29 is 8.42 Å². The van der Waals surface area contributed by atoms with Crippen LogP contribution in [0.4, 0.5) is 0 Å². The van der Waals surface area contributed by atoms with Crippen LogP contribution in [0.1, 0.15) is 50.2 Å². The second-order valence-corrected chi connectivity index (χ2v) is 7.92. The zero-order chi connectivity index (χ0) is 15.5. The standard InChI is InChI=1S/C16H26N2O2S/c1-3-16(8-4-5-9-16)12-18-21(19,20)15-10-14(11-17)7-6-13(15)2/h6-7,10,18H,3-5,8-9,11-12,17H2,1-2H3. The summed E-state index contributed by atoms with van der Waals surface area (Å²) in [4.78, 5) is 0.356. The molecule has 0 aromatic heterocycles. The topological polar surface area (TPSA) is 72.2 Å². The molecular weight excluding hydrogens is 284 g/mol. The van der Waals surface area contributed by atoms with Crippen LogP contribution in [0, 0.1) is 12.3 Å². The maximum absolute atomic E-state index is 12.6. The van der Waals surface area contributed by atoms with Crippen molar-refractivity contribution in [2.24, 2.45) is 11.1 Å². The first kappa shape index (κ1) is 16.5. The third kappa shape index (κ3) is 3.65. The first-order chi connectivity index (χ1) is 9.92. The molecule has 1 fully saturated rings. The van der Waals surface area contributed by atoms with Gasteiger partial charge in [-0.1, -0.05) is 31.9 Å². The van der Waals surface area contributed by atoms with Crippen molar-refractivity contribution in [2.75, 3.05) is 6.54 Å². The summed E-state index contributed by atoms with van der Waals surface area (Å²) >= 11 is 0. The second kappa shape index (κ2) is 6.46. The van der Waals surface area contributed by atoms with Crippen LogP contribution < -0.4 is 10.5 Å². The van der Waals surface area contributed by atoms with E-state index in [-0.39, 0.29) is 5.41 Å². The lowest BCUT2D eigenvalue weighted by Crippen LogP contribution is -2.36. The summed E-state index contributed by atoms with van der Waals surface area (Å²) in [6.07, 6.45) is 5.67. The molecule has 0 bridgehead atoms. The quantitative estimate of drug-likeness (QED) is 0.848. The SMILES string of the molecule is CCC1(CNS(=O)(=O)c2cc(CN)ccc2C)CCCC1. The van der Waals surface area contributed by atoms with Crippen molar-refractivity contribution in [3.05, 3.63) is 29.3 Å². The minimum Gasteiger partial charge on any atom is -0.326 e. The summed E-state index contributed by atoms with van der Waals surface area (Å²) in [6.45, 7) is 4.86. The molecule has 3 N–H and O–H groups in total. The van der Waals surface area contributed by atoms with Crippen LogP contribution in [-0.2, 0) is 16.6 Å². The smallest absolute Gasteiger partial charge is 0.240 e. The lowest BCUT2D eigenvalue weighted by atomic mass is 9.84. The van der Waals surface area contributed by atoms with E-state index in [1.807, 2.05) is 19.1 Å². The Hall–Kier alpha value is -0.910. The Balaban J connectivity index is 2.18. The highest BCUT2D eigenvalue weighted by Gasteiger charge is 2.33. The number of hydrogen-bond donors (Lipinski definition) is 2. The molecule has 118 valence electrons.